The molecule has 0 amide bonds. The molecule has 0 fully saturated rings. The summed E-state index contributed by atoms with van der Waals surface area (Å²) in [4.78, 5) is 3.61. The van der Waals surface area contributed by atoms with Crippen molar-refractivity contribution in [2.45, 2.75) is 12.6 Å². The minimum absolute atomic E-state index is 0.284. The zero-order valence-electron chi connectivity index (χ0n) is 7.39. The van der Waals surface area contributed by atoms with Crippen molar-refractivity contribution >= 4 is 11.3 Å². The number of aliphatic hydroxyl groups excluding tert-OH is 1. The van der Waals surface area contributed by atoms with Crippen LogP contribution in [-0.2, 0) is 6.54 Å². The standard InChI is InChI=1S/C10H13NOS/c12-9-3-1-5-11(7-9)8-10-4-2-6-13-10/h1-4,6,9,12H,5,7-8H2/t9-/m1/s1. The number of thiophene rings is 1. The number of hydrogen-bond donors (Lipinski definition) is 1. The molecule has 1 aromatic rings. The van der Waals surface area contributed by atoms with Gasteiger partial charge in [-0.3, -0.25) is 4.90 Å². The van der Waals surface area contributed by atoms with Gasteiger partial charge in [-0.05, 0) is 11.4 Å². The number of hydrogen-bond acceptors (Lipinski definition) is 3. The van der Waals surface area contributed by atoms with Crippen molar-refractivity contribution in [3.05, 3.63) is 34.5 Å². The lowest BCUT2D eigenvalue weighted by atomic mass is 10.2. The van der Waals surface area contributed by atoms with E-state index in [1.165, 1.54) is 4.88 Å². The van der Waals surface area contributed by atoms with Gasteiger partial charge in [0.25, 0.3) is 0 Å². The fourth-order valence-electron chi connectivity index (χ4n) is 1.52. The summed E-state index contributed by atoms with van der Waals surface area (Å²) in [5.41, 5.74) is 0. The fraction of sp³-hybridized carbons (Fsp3) is 0.400. The van der Waals surface area contributed by atoms with Crippen molar-refractivity contribution in [3.8, 4) is 0 Å². The number of nitrogens with zero attached hydrogens (tertiary/aromatic N) is 1. The Morgan fingerprint density at radius 2 is 2.54 bits per heavy atom. The van der Waals surface area contributed by atoms with E-state index < -0.39 is 0 Å². The van der Waals surface area contributed by atoms with Crippen molar-refractivity contribution < 1.29 is 5.11 Å². The van der Waals surface area contributed by atoms with Gasteiger partial charge in [-0.25, -0.2) is 0 Å². The van der Waals surface area contributed by atoms with Crippen molar-refractivity contribution in [1.29, 1.82) is 0 Å². The van der Waals surface area contributed by atoms with Gasteiger partial charge in [0.2, 0.25) is 0 Å². The van der Waals surface area contributed by atoms with E-state index in [0.29, 0.717) is 0 Å². The molecule has 2 rings (SSSR count). The van der Waals surface area contributed by atoms with E-state index in [2.05, 4.69) is 22.4 Å². The Morgan fingerprint density at radius 3 is 3.23 bits per heavy atom. The average molecular weight is 195 g/mol. The molecule has 2 heterocycles. The molecule has 0 bridgehead atoms. The maximum atomic E-state index is 9.38. The third-order valence-electron chi connectivity index (χ3n) is 2.13. The van der Waals surface area contributed by atoms with Gasteiger partial charge in [-0.15, -0.1) is 11.3 Å². The van der Waals surface area contributed by atoms with E-state index in [9.17, 15) is 5.11 Å². The van der Waals surface area contributed by atoms with Crippen LogP contribution in [0, 0.1) is 0 Å². The van der Waals surface area contributed by atoms with Gasteiger partial charge in [0.15, 0.2) is 0 Å². The molecular formula is C10H13NOS. The summed E-state index contributed by atoms with van der Waals surface area (Å²) >= 11 is 1.77. The van der Waals surface area contributed by atoms with E-state index in [0.717, 1.165) is 19.6 Å². The number of aliphatic hydroxyl groups is 1. The van der Waals surface area contributed by atoms with Crippen LogP contribution < -0.4 is 0 Å². The first-order valence-corrected chi connectivity index (χ1v) is 5.32. The molecule has 3 heteroatoms. The Morgan fingerprint density at radius 1 is 1.62 bits per heavy atom. The second-order valence-electron chi connectivity index (χ2n) is 3.27. The monoisotopic (exact) mass is 195 g/mol. The Kier molecular flexibility index (Phi) is 2.78. The van der Waals surface area contributed by atoms with Crippen molar-refractivity contribution in [2.24, 2.45) is 0 Å². The molecule has 13 heavy (non-hydrogen) atoms. The minimum atomic E-state index is -0.284. The molecule has 0 unspecified atom stereocenters. The highest BCUT2D eigenvalue weighted by atomic mass is 32.1. The zero-order valence-corrected chi connectivity index (χ0v) is 8.20. The van der Waals surface area contributed by atoms with Gasteiger partial charge in [0.1, 0.15) is 0 Å². The second-order valence-corrected chi connectivity index (χ2v) is 4.30. The number of rotatable bonds is 2. The first-order valence-electron chi connectivity index (χ1n) is 4.44. The lowest BCUT2D eigenvalue weighted by Crippen LogP contribution is -2.34. The highest BCUT2D eigenvalue weighted by Crippen LogP contribution is 2.13. The molecule has 0 radical (unpaired) electrons. The molecule has 0 saturated carbocycles. The predicted octanol–water partition coefficient (Wildman–Crippen LogP) is 1.48. The van der Waals surface area contributed by atoms with Crippen LogP contribution in [0.25, 0.3) is 0 Å². The van der Waals surface area contributed by atoms with Crippen LogP contribution in [-0.4, -0.2) is 29.2 Å². The minimum Gasteiger partial charge on any atom is -0.388 e. The molecule has 1 aliphatic rings. The molecule has 2 nitrogen and oxygen atoms in total. The van der Waals surface area contributed by atoms with Gasteiger partial charge in [0, 0.05) is 24.5 Å². The highest BCUT2D eigenvalue weighted by molar-refractivity contribution is 7.09. The van der Waals surface area contributed by atoms with Crippen LogP contribution in [0.5, 0.6) is 0 Å². The Bertz CT molecular complexity index is 281. The summed E-state index contributed by atoms with van der Waals surface area (Å²) in [6.07, 6.45) is 3.61. The molecule has 0 aromatic carbocycles. The van der Waals surface area contributed by atoms with E-state index in [1.807, 2.05) is 12.2 Å². The van der Waals surface area contributed by atoms with Crippen molar-refractivity contribution in [2.75, 3.05) is 13.1 Å². The van der Waals surface area contributed by atoms with Crippen LogP contribution in [0.3, 0.4) is 0 Å². The molecule has 0 spiro atoms. The SMILES string of the molecule is O[C@@H]1C=CCN(Cc2cccs2)C1. The van der Waals surface area contributed by atoms with Crippen LogP contribution >= 0.6 is 11.3 Å². The lowest BCUT2D eigenvalue weighted by Gasteiger charge is -2.25. The van der Waals surface area contributed by atoms with Gasteiger partial charge in [-0.2, -0.15) is 0 Å². The number of β-amino-alcohol motifs (C(OH)–C–C–N with tert-alkyl or cyclic N) is 1. The van der Waals surface area contributed by atoms with Gasteiger partial charge >= 0.3 is 0 Å². The van der Waals surface area contributed by atoms with E-state index in [4.69, 9.17) is 0 Å². The normalized spacial score (nSPS) is 23.6. The average Bonchev–Trinajstić information content (AvgIpc) is 2.57. The molecule has 1 atom stereocenters. The summed E-state index contributed by atoms with van der Waals surface area (Å²) in [6, 6.07) is 4.20. The van der Waals surface area contributed by atoms with Crippen molar-refractivity contribution in [3.63, 3.8) is 0 Å². The Balaban J connectivity index is 1.93. The molecule has 0 aliphatic carbocycles. The van der Waals surface area contributed by atoms with E-state index in [-0.39, 0.29) is 6.10 Å². The Hall–Kier alpha value is -0.640. The topological polar surface area (TPSA) is 23.5 Å². The van der Waals surface area contributed by atoms with Crippen LogP contribution in [0.1, 0.15) is 4.88 Å². The largest absolute Gasteiger partial charge is 0.388 e. The van der Waals surface area contributed by atoms with Crippen LogP contribution in [0.15, 0.2) is 29.7 Å². The van der Waals surface area contributed by atoms with Crippen LogP contribution in [0.4, 0.5) is 0 Å². The van der Waals surface area contributed by atoms with Gasteiger partial charge < -0.3 is 5.11 Å². The molecule has 70 valence electrons. The maximum absolute atomic E-state index is 9.38. The van der Waals surface area contributed by atoms with Crippen LogP contribution in [0.2, 0.25) is 0 Å². The Labute approximate surface area is 82.1 Å². The van der Waals surface area contributed by atoms with E-state index >= 15 is 0 Å². The smallest absolute Gasteiger partial charge is 0.0848 e. The van der Waals surface area contributed by atoms with E-state index in [1.54, 1.807) is 11.3 Å². The lowest BCUT2D eigenvalue weighted by molar-refractivity contribution is 0.141. The van der Waals surface area contributed by atoms with Gasteiger partial charge in [0.05, 0.1) is 6.10 Å². The first kappa shape index (κ1) is 8.94. The maximum Gasteiger partial charge on any atom is 0.0848 e. The van der Waals surface area contributed by atoms with Crippen molar-refractivity contribution in [1.82, 2.24) is 4.90 Å². The fourth-order valence-corrected chi connectivity index (χ4v) is 2.27. The summed E-state index contributed by atoms with van der Waals surface area (Å²) < 4.78 is 0. The predicted molar refractivity (Wildman–Crippen MR) is 54.7 cm³/mol. The third kappa shape index (κ3) is 2.40. The summed E-state index contributed by atoms with van der Waals surface area (Å²) in [5.74, 6) is 0. The summed E-state index contributed by atoms with van der Waals surface area (Å²) in [6.45, 7) is 2.67. The molecule has 1 aliphatic heterocycles. The zero-order chi connectivity index (χ0) is 9.10. The first-order chi connectivity index (χ1) is 6.34. The molecular weight excluding hydrogens is 182 g/mol. The molecule has 1 aromatic heterocycles. The summed E-state index contributed by atoms with van der Waals surface area (Å²) in [5, 5.41) is 11.5. The second kappa shape index (κ2) is 4.05. The molecule has 1 N–H and O–H groups in total. The molecule has 0 saturated heterocycles. The highest BCUT2D eigenvalue weighted by Gasteiger charge is 2.12. The third-order valence-corrected chi connectivity index (χ3v) is 2.99. The summed E-state index contributed by atoms with van der Waals surface area (Å²) in [7, 11) is 0. The quantitative estimate of drug-likeness (QED) is 0.723. The van der Waals surface area contributed by atoms with Gasteiger partial charge in [-0.1, -0.05) is 18.2 Å².